The Balaban J connectivity index is 2.85. The summed E-state index contributed by atoms with van der Waals surface area (Å²) in [6.45, 7) is 2.16. The molecular formula is C11H14Br2N2O2. The molecule has 1 atom stereocenters. The smallest absolute Gasteiger partial charge is 0.243 e. The van der Waals surface area contributed by atoms with Crippen LogP contribution in [0.5, 0.6) is 0 Å². The van der Waals surface area contributed by atoms with Gasteiger partial charge in [0.2, 0.25) is 5.91 Å². The van der Waals surface area contributed by atoms with Crippen LogP contribution in [0.3, 0.4) is 0 Å². The van der Waals surface area contributed by atoms with Gasteiger partial charge in [-0.15, -0.1) is 0 Å². The van der Waals surface area contributed by atoms with Gasteiger partial charge in [-0.3, -0.25) is 4.79 Å². The number of amides is 1. The minimum absolute atomic E-state index is 0.187. The Morgan fingerprint density at radius 1 is 1.47 bits per heavy atom. The molecule has 17 heavy (non-hydrogen) atoms. The van der Waals surface area contributed by atoms with Gasteiger partial charge < -0.3 is 15.8 Å². The maximum absolute atomic E-state index is 11.7. The Labute approximate surface area is 117 Å². The third-order valence-corrected chi connectivity index (χ3v) is 3.37. The van der Waals surface area contributed by atoms with Crippen LogP contribution in [0.15, 0.2) is 21.1 Å². The van der Waals surface area contributed by atoms with Crippen molar-refractivity contribution in [3.63, 3.8) is 0 Å². The average Bonchev–Trinajstić information content (AvgIpc) is 2.23. The largest absolute Gasteiger partial charge is 0.383 e. The minimum atomic E-state index is -0.680. The summed E-state index contributed by atoms with van der Waals surface area (Å²) >= 11 is 6.80. The van der Waals surface area contributed by atoms with E-state index in [9.17, 15) is 4.79 Å². The lowest BCUT2D eigenvalue weighted by molar-refractivity contribution is -0.118. The van der Waals surface area contributed by atoms with Gasteiger partial charge >= 0.3 is 0 Å². The van der Waals surface area contributed by atoms with Crippen LogP contribution < -0.4 is 11.1 Å². The number of halogens is 2. The molecule has 3 N–H and O–H groups in total. The first kappa shape index (κ1) is 14.6. The number of nitrogens with two attached hydrogens (primary N) is 1. The van der Waals surface area contributed by atoms with Crippen LogP contribution in [-0.2, 0) is 9.53 Å². The molecule has 0 bridgehead atoms. The highest BCUT2D eigenvalue weighted by Crippen LogP contribution is 2.32. The lowest BCUT2D eigenvalue weighted by atomic mass is 10.2. The summed E-state index contributed by atoms with van der Waals surface area (Å²) in [5.41, 5.74) is 7.40. The number of aryl methyl sites for hydroxylation is 1. The predicted molar refractivity (Wildman–Crippen MR) is 75.1 cm³/mol. The first-order chi connectivity index (χ1) is 7.95. The van der Waals surface area contributed by atoms with Gasteiger partial charge in [-0.2, -0.15) is 0 Å². The number of hydrogen-bond donors (Lipinski definition) is 2. The number of ether oxygens (including phenoxy) is 1. The number of carbonyl (C=O) groups is 1. The fraction of sp³-hybridized carbons (Fsp3) is 0.364. The molecular weight excluding hydrogens is 352 g/mol. The van der Waals surface area contributed by atoms with Crippen molar-refractivity contribution in [2.45, 2.75) is 13.0 Å². The monoisotopic (exact) mass is 364 g/mol. The van der Waals surface area contributed by atoms with Gasteiger partial charge in [-0.1, -0.05) is 0 Å². The molecule has 0 fully saturated rings. The predicted octanol–water partition coefficient (Wildman–Crippen LogP) is 2.43. The Kier molecular flexibility index (Phi) is 5.58. The fourth-order valence-corrected chi connectivity index (χ4v) is 2.90. The Bertz CT molecular complexity index is 401. The summed E-state index contributed by atoms with van der Waals surface area (Å²) in [6.07, 6.45) is 0. The number of anilines is 1. The van der Waals surface area contributed by atoms with Crippen molar-refractivity contribution in [3.05, 3.63) is 26.6 Å². The van der Waals surface area contributed by atoms with Crippen LogP contribution in [0.2, 0.25) is 0 Å². The van der Waals surface area contributed by atoms with Crippen molar-refractivity contribution < 1.29 is 9.53 Å². The summed E-state index contributed by atoms with van der Waals surface area (Å²) in [5, 5.41) is 2.75. The Morgan fingerprint density at radius 2 is 2.00 bits per heavy atom. The molecule has 0 radical (unpaired) electrons. The molecule has 0 saturated carbocycles. The Morgan fingerprint density at radius 3 is 2.47 bits per heavy atom. The van der Waals surface area contributed by atoms with E-state index in [1.54, 1.807) is 0 Å². The van der Waals surface area contributed by atoms with Crippen molar-refractivity contribution in [1.82, 2.24) is 0 Å². The van der Waals surface area contributed by atoms with Gasteiger partial charge in [0.25, 0.3) is 0 Å². The topological polar surface area (TPSA) is 64.3 Å². The van der Waals surface area contributed by atoms with E-state index in [4.69, 9.17) is 10.5 Å². The zero-order valence-corrected chi connectivity index (χ0v) is 12.8. The maximum atomic E-state index is 11.7. The third-order valence-electron chi connectivity index (χ3n) is 2.12. The van der Waals surface area contributed by atoms with E-state index >= 15 is 0 Å². The Hall–Kier alpha value is -0.430. The minimum Gasteiger partial charge on any atom is -0.383 e. The number of hydrogen-bond acceptors (Lipinski definition) is 3. The third kappa shape index (κ3) is 4.06. The second kappa shape index (κ2) is 6.49. The molecule has 0 heterocycles. The number of carbonyl (C=O) groups excluding carboxylic acids is 1. The second-order valence-electron chi connectivity index (χ2n) is 3.65. The van der Waals surface area contributed by atoms with Crippen LogP contribution in [0.25, 0.3) is 0 Å². The summed E-state index contributed by atoms with van der Waals surface area (Å²) < 4.78 is 6.45. The van der Waals surface area contributed by atoms with Crippen molar-refractivity contribution in [2.75, 3.05) is 19.0 Å². The van der Waals surface area contributed by atoms with Gasteiger partial charge in [0, 0.05) is 16.1 Å². The molecule has 1 unspecified atom stereocenters. The zero-order chi connectivity index (χ0) is 13.0. The van der Waals surface area contributed by atoms with Crippen LogP contribution in [0.4, 0.5) is 5.69 Å². The van der Waals surface area contributed by atoms with Crippen LogP contribution in [-0.4, -0.2) is 25.7 Å². The molecule has 0 spiro atoms. The number of methoxy groups -OCH3 is 1. The van der Waals surface area contributed by atoms with E-state index in [0.29, 0.717) is 5.69 Å². The highest BCUT2D eigenvalue weighted by atomic mass is 79.9. The molecule has 6 heteroatoms. The molecule has 1 rings (SSSR count). The van der Waals surface area contributed by atoms with E-state index in [1.807, 2.05) is 19.1 Å². The molecule has 1 amide bonds. The first-order valence-electron chi connectivity index (χ1n) is 4.96. The fourth-order valence-electron chi connectivity index (χ4n) is 1.29. The quantitative estimate of drug-likeness (QED) is 0.861. The maximum Gasteiger partial charge on any atom is 0.243 e. The summed E-state index contributed by atoms with van der Waals surface area (Å²) in [7, 11) is 1.50. The highest BCUT2D eigenvalue weighted by Gasteiger charge is 2.16. The molecule has 0 aliphatic carbocycles. The van der Waals surface area contributed by atoms with Crippen LogP contribution in [0, 0.1) is 6.92 Å². The standard InChI is InChI=1S/C11H14Br2N2O2/c1-6-3-7(12)10(8(13)4-6)15-11(16)9(14)5-17-2/h3-4,9H,5,14H2,1-2H3,(H,15,16). The molecule has 4 nitrogen and oxygen atoms in total. The van der Waals surface area contributed by atoms with E-state index in [-0.39, 0.29) is 12.5 Å². The molecule has 1 aromatic rings. The molecule has 0 aliphatic heterocycles. The van der Waals surface area contributed by atoms with Gasteiger partial charge in [0.1, 0.15) is 6.04 Å². The first-order valence-corrected chi connectivity index (χ1v) is 6.55. The van der Waals surface area contributed by atoms with E-state index in [1.165, 1.54) is 7.11 Å². The van der Waals surface area contributed by atoms with Crippen molar-refractivity contribution in [1.29, 1.82) is 0 Å². The zero-order valence-electron chi connectivity index (χ0n) is 9.59. The summed E-state index contributed by atoms with van der Waals surface area (Å²) in [6, 6.07) is 3.16. The van der Waals surface area contributed by atoms with Crippen molar-refractivity contribution >= 4 is 43.5 Å². The number of nitrogens with one attached hydrogen (secondary N) is 1. The molecule has 0 saturated heterocycles. The number of rotatable bonds is 4. The second-order valence-corrected chi connectivity index (χ2v) is 5.36. The average molecular weight is 366 g/mol. The van der Waals surface area contributed by atoms with Gasteiger partial charge in [-0.25, -0.2) is 0 Å². The van der Waals surface area contributed by atoms with E-state index < -0.39 is 6.04 Å². The summed E-state index contributed by atoms with van der Waals surface area (Å²) in [5.74, 6) is -0.280. The van der Waals surface area contributed by atoms with Crippen LogP contribution >= 0.6 is 31.9 Å². The molecule has 94 valence electrons. The van der Waals surface area contributed by atoms with Crippen molar-refractivity contribution in [3.8, 4) is 0 Å². The molecule has 0 aliphatic rings. The van der Waals surface area contributed by atoms with Crippen molar-refractivity contribution in [2.24, 2.45) is 5.73 Å². The molecule has 1 aromatic carbocycles. The van der Waals surface area contributed by atoms with Gasteiger partial charge in [-0.05, 0) is 56.5 Å². The van der Waals surface area contributed by atoms with Gasteiger partial charge in [0.05, 0.1) is 12.3 Å². The van der Waals surface area contributed by atoms with E-state index in [2.05, 4.69) is 37.2 Å². The van der Waals surface area contributed by atoms with Crippen LogP contribution in [0.1, 0.15) is 5.56 Å². The van der Waals surface area contributed by atoms with E-state index in [0.717, 1.165) is 14.5 Å². The number of benzene rings is 1. The normalized spacial score (nSPS) is 12.3. The lowest BCUT2D eigenvalue weighted by Crippen LogP contribution is -2.39. The highest BCUT2D eigenvalue weighted by molar-refractivity contribution is 9.11. The SMILES string of the molecule is COCC(N)C(=O)Nc1c(Br)cc(C)cc1Br. The molecule has 0 aromatic heterocycles. The lowest BCUT2D eigenvalue weighted by Gasteiger charge is -2.14. The summed E-state index contributed by atoms with van der Waals surface area (Å²) in [4.78, 5) is 11.7. The van der Waals surface area contributed by atoms with Gasteiger partial charge in [0.15, 0.2) is 0 Å².